The first-order valence-corrected chi connectivity index (χ1v) is 10.4. The van der Waals surface area contributed by atoms with Crippen LogP contribution in [0.4, 0.5) is 5.82 Å². The molecule has 0 unspecified atom stereocenters. The van der Waals surface area contributed by atoms with E-state index in [4.69, 9.17) is 11.6 Å². The van der Waals surface area contributed by atoms with Gasteiger partial charge in [-0.15, -0.1) is 0 Å². The van der Waals surface area contributed by atoms with Gasteiger partial charge in [-0.3, -0.25) is 14.7 Å². The highest BCUT2D eigenvalue weighted by Crippen LogP contribution is 2.48. The topological polar surface area (TPSA) is 66.9 Å². The Kier molecular flexibility index (Phi) is 4.26. The molecular formula is C24H22ClN3O2. The summed E-state index contributed by atoms with van der Waals surface area (Å²) in [4.78, 5) is 26.8. The number of carbonyl (C=O) groups is 1. The lowest BCUT2D eigenvalue weighted by molar-refractivity contribution is -0.118. The number of benzene rings is 2. The molecule has 0 spiro atoms. The minimum Gasteiger partial charge on any atom is -0.343 e. The Hall–Kier alpha value is -3.05. The SMILES string of the molecule is CC1(C)CC(=O)C2=C(C1)Nc1[nH]n(-c3ccccc3)c(=O)c1[C@@H]2c1ccccc1Cl. The van der Waals surface area contributed by atoms with Gasteiger partial charge in [-0.25, -0.2) is 4.68 Å². The molecule has 1 aliphatic heterocycles. The molecule has 0 saturated carbocycles. The van der Waals surface area contributed by atoms with Gasteiger partial charge in [-0.2, -0.15) is 0 Å². The lowest BCUT2D eigenvalue weighted by Gasteiger charge is -2.38. The molecule has 1 aromatic heterocycles. The summed E-state index contributed by atoms with van der Waals surface area (Å²) in [6, 6.07) is 16.9. The molecule has 0 bridgehead atoms. The molecule has 2 aromatic carbocycles. The average Bonchev–Trinajstić information content (AvgIpc) is 3.03. The molecule has 1 aliphatic carbocycles. The van der Waals surface area contributed by atoms with Crippen LogP contribution >= 0.6 is 11.6 Å². The number of ketones is 1. The number of hydrogen-bond acceptors (Lipinski definition) is 3. The van der Waals surface area contributed by atoms with Crippen molar-refractivity contribution in [3.63, 3.8) is 0 Å². The molecule has 2 aliphatic rings. The molecule has 152 valence electrons. The van der Waals surface area contributed by atoms with E-state index in [0.717, 1.165) is 23.4 Å². The number of allylic oxidation sites excluding steroid dienone is 2. The smallest absolute Gasteiger partial charge is 0.277 e. The standard InChI is InChI=1S/C24H22ClN3O2/c1-24(2)12-17-20(18(29)13-24)19(15-10-6-7-11-16(15)25)21-22(26-17)27-28(23(21)30)14-8-4-3-5-9-14/h3-11,19,26-27H,12-13H2,1-2H3/t19-/m1/s1. The van der Waals surface area contributed by atoms with Crippen molar-refractivity contribution in [1.82, 2.24) is 9.78 Å². The van der Waals surface area contributed by atoms with E-state index in [1.807, 2.05) is 48.5 Å². The number of nitrogens with zero attached hydrogens (tertiary/aromatic N) is 1. The van der Waals surface area contributed by atoms with Crippen molar-refractivity contribution in [2.45, 2.75) is 32.6 Å². The first-order chi connectivity index (χ1) is 14.4. The maximum absolute atomic E-state index is 13.5. The molecule has 0 radical (unpaired) electrons. The maximum Gasteiger partial charge on any atom is 0.277 e. The number of nitrogens with one attached hydrogen (secondary N) is 2. The van der Waals surface area contributed by atoms with Crippen LogP contribution in [0.25, 0.3) is 5.69 Å². The van der Waals surface area contributed by atoms with Crippen molar-refractivity contribution in [3.05, 3.63) is 92.4 Å². The molecule has 3 aromatic rings. The van der Waals surface area contributed by atoms with Crippen LogP contribution in [-0.4, -0.2) is 15.6 Å². The molecule has 2 N–H and O–H groups in total. The summed E-state index contributed by atoms with van der Waals surface area (Å²) in [7, 11) is 0. The number of anilines is 1. The number of fused-ring (bicyclic) bond motifs is 1. The van der Waals surface area contributed by atoms with Crippen LogP contribution in [0, 0.1) is 5.41 Å². The second-order valence-electron chi connectivity index (χ2n) is 8.79. The monoisotopic (exact) mass is 419 g/mol. The van der Waals surface area contributed by atoms with Gasteiger partial charge in [0, 0.05) is 28.6 Å². The highest BCUT2D eigenvalue weighted by Gasteiger charge is 2.43. The van der Waals surface area contributed by atoms with Crippen LogP contribution in [0.5, 0.6) is 0 Å². The van der Waals surface area contributed by atoms with Gasteiger partial charge in [0.15, 0.2) is 5.78 Å². The zero-order valence-corrected chi connectivity index (χ0v) is 17.6. The Bertz CT molecular complexity index is 1250. The van der Waals surface area contributed by atoms with E-state index in [-0.39, 0.29) is 16.8 Å². The summed E-state index contributed by atoms with van der Waals surface area (Å²) >= 11 is 6.56. The molecule has 30 heavy (non-hydrogen) atoms. The Balaban J connectivity index is 1.77. The molecule has 2 heterocycles. The zero-order chi connectivity index (χ0) is 21.0. The van der Waals surface area contributed by atoms with Crippen LogP contribution in [0.15, 0.2) is 70.7 Å². The highest BCUT2D eigenvalue weighted by atomic mass is 35.5. The number of aromatic nitrogens is 2. The number of hydrogen-bond donors (Lipinski definition) is 2. The van der Waals surface area contributed by atoms with Crippen LogP contribution < -0.4 is 10.9 Å². The summed E-state index contributed by atoms with van der Waals surface area (Å²) in [5.74, 6) is 0.191. The second kappa shape index (κ2) is 6.74. The van der Waals surface area contributed by atoms with Crippen molar-refractivity contribution in [3.8, 4) is 5.69 Å². The Morgan fingerprint density at radius 1 is 1.00 bits per heavy atom. The summed E-state index contributed by atoms with van der Waals surface area (Å²) < 4.78 is 1.52. The van der Waals surface area contributed by atoms with Gasteiger partial charge in [-0.05, 0) is 35.6 Å². The minimum absolute atomic E-state index is 0.0659. The molecule has 5 nitrogen and oxygen atoms in total. The zero-order valence-electron chi connectivity index (χ0n) is 16.8. The number of rotatable bonds is 2. The van der Waals surface area contributed by atoms with E-state index in [9.17, 15) is 9.59 Å². The fourth-order valence-corrected chi connectivity index (χ4v) is 4.91. The third-order valence-corrected chi connectivity index (χ3v) is 6.27. The third kappa shape index (κ3) is 2.92. The Morgan fingerprint density at radius 3 is 2.43 bits per heavy atom. The van der Waals surface area contributed by atoms with E-state index in [2.05, 4.69) is 24.3 Å². The van der Waals surface area contributed by atoms with Crippen LogP contribution in [0.3, 0.4) is 0 Å². The van der Waals surface area contributed by atoms with Crippen molar-refractivity contribution in [2.24, 2.45) is 5.41 Å². The number of H-pyrrole nitrogens is 1. The second-order valence-corrected chi connectivity index (χ2v) is 9.20. The van der Waals surface area contributed by atoms with Gasteiger partial charge in [0.05, 0.1) is 11.3 Å². The molecule has 1 atom stereocenters. The fourth-order valence-electron chi connectivity index (χ4n) is 4.67. The fraction of sp³-hybridized carbons (Fsp3) is 0.250. The summed E-state index contributed by atoms with van der Waals surface area (Å²) in [5, 5.41) is 7.14. The Morgan fingerprint density at radius 2 is 1.70 bits per heavy atom. The van der Waals surface area contributed by atoms with Gasteiger partial charge in [0.1, 0.15) is 5.82 Å². The molecule has 5 rings (SSSR count). The number of Topliss-reactive ketones (excluding diaryl/α,β-unsaturated/α-hetero) is 1. The maximum atomic E-state index is 13.5. The normalized spacial score (nSPS) is 19.8. The summed E-state index contributed by atoms with van der Waals surface area (Å²) in [6.45, 7) is 4.18. The highest BCUT2D eigenvalue weighted by molar-refractivity contribution is 6.31. The van der Waals surface area contributed by atoms with Crippen LogP contribution in [0.1, 0.15) is 43.7 Å². The van der Waals surface area contributed by atoms with Crippen LogP contribution in [-0.2, 0) is 4.79 Å². The molecule has 0 fully saturated rings. The number of halogens is 1. The minimum atomic E-state index is -0.498. The van der Waals surface area contributed by atoms with Gasteiger partial charge in [0.25, 0.3) is 5.56 Å². The van der Waals surface area contributed by atoms with E-state index in [0.29, 0.717) is 28.4 Å². The van der Waals surface area contributed by atoms with Crippen molar-refractivity contribution in [1.29, 1.82) is 0 Å². The molecule has 6 heteroatoms. The Labute approximate surface area is 179 Å². The molecule has 0 saturated heterocycles. The van der Waals surface area contributed by atoms with Crippen LogP contribution in [0.2, 0.25) is 5.02 Å². The average molecular weight is 420 g/mol. The lowest BCUT2D eigenvalue weighted by atomic mass is 9.69. The van der Waals surface area contributed by atoms with E-state index in [1.54, 1.807) is 6.07 Å². The third-order valence-electron chi connectivity index (χ3n) is 5.93. The van der Waals surface area contributed by atoms with Gasteiger partial charge < -0.3 is 5.32 Å². The first kappa shape index (κ1) is 18.9. The number of aromatic amines is 1. The molecule has 0 amide bonds. The van der Waals surface area contributed by atoms with Crippen molar-refractivity contribution >= 4 is 23.2 Å². The van der Waals surface area contributed by atoms with Crippen molar-refractivity contribution < 1.29 is 4.79 Å². The van der Waals surface area contributed by atoms with E-state index in [1.165, 1.54) is 4.68 Å². The largest absolute Gasteiger partial charge is 0.343 e. The predicted octanol–water partition coefficient (Wildman–Crippen LogP) is 5.02. The predicted molar refractivity (Wildman–Crippen MR) is 118 cm³/mol. The quantitative estimate of drug-likeness (QED) is 0.612. The van der Waals surface area contributed by atoms with Crippen molar-refractivity contribution in [2.75, 3.05) is 5.32 Å². The van der Waals surface area contributed by atoms with E-state index < -0.39 is 5.92 Å². The van der Waals surface area contributed by atoms with Gasteiger partial charge >= 0.3 is 0 Å². The van der Waals surface area contributed by atoms with Gasteiger partial charge in [0.2, 0.25) is 0 Å². The van der Waals surface area contributed by atoms with E-state index >= 15 is 0 Å². The summed E-state index contributed by atoms with van der Waals surface area (Å²) in [6.07, 6.45) is 1.17. The lowest BCUT2D eigenvalue weighted by Crippen LogP contribution is -2.35. The number of para-hydroxylation sites is 1. The molecular weight excluding hydrogens is 398 g/mol. The first-order valence-electron chi connectivity index (χ1n) is 10.0. The summed E-state index contributed by atoms with van der Waals surface area (Å²) in [5.41, 5.74) is 3.24. The number of carbonyl (C=O) groups excluding carboxylic acids is 1. The van der Waals surface area contributed by atoms with Gasteiger partial charge in [-0.1, -0.05) is 61.8 Å².